The zero-order chi connectivity index (χ0) is 17.1. The number of benzene rings is 2. The molecular formula is C21H24N2OS. The number of thioether (sulfide) groups is 1. The van der Waals surface area contributed by atoms with E-state index in [4.69, 9.17) is 0 Å². The van der Waals surface area contributed by atoms with E-state index < -0.39 is 0 Å². The van der Waals surface area contributed by atoms with Crippen LogP contribution in [0.4, 0.5) is 0 Å². The van der Waals surface area contributed by atoms with Gasteiger partial charge >= 0.3 is 0 Å². The number of nitrogens with zero attached hydrogens (tertiary/aromatic N) is 1. The van der Waals surface area contributed by atoms with Gasteiger partial charge in [-0.25, -0.2) is 0 Å². The highest BCUT2D eigenvalue weighted by Crippen LogP contribution is 2.41. The quantitative estimate of drug-likeness (QED) is 0.918. The van der Waals surface area contributed by atoms with Crippen molar-refractivity contribution in [3.63, 3.8) is 0 Å². The molecule has 0 radical (unpaired) electrons. The zero-order valence-electron chi connectivity index (χ0n) is 14.4. The molecule has 1 spiro atoms. The van der Waals surface area contributed by atoms with Gasteiger partial charge in [-0.2, -0.15) is 0 Å². The van der Waals surface area contributed by atoms with Crippen LogP contribution in [0.3, 0.4) is 0 Å². The van der Waals surface area contributed by atoms with E-state index in [9.17, 15) is 4.79 Å². The molecule has 0 bridgehead atoms. The summed E-state index contributed by atoms with van der Waals surface area (Å²) in [4.78, 5) is 15.0. The number of carbonyl (C=O) groups excluding carboxylic acids is 1. The van der Waals surface area contributed by atoms with Gasteiger partial charge in [-0.15, -0.1) is 11.8 Å². The van der Waals surface area contributed by atoms with Crippen LogP contribution in [-0.4, -0.2) is 40.9 Å². The number of amides is 1. The molecule has 0 aromatic heterocycles. The topological polar surface area (TPSA) is 32.3 Å². The molecule has 0 saturated carbocycles. The fraction of sp³-hybridized carbons (Fsp3) is 0.381. The molecule has 2 heterocycles. The first kappa shape index (κ1) is 16.7. The van der Waals surface area contributed by atoms with Crippen LogP contribution in [0.2, 0.25) is 0 Å². The van der Waals surface area contributed by atoms with Crippen LogP contribution in [0.1, 0.15) is 30.0 Å². The number of hydrogen-bond donors (Lipinski definition) is 1. The molecule has 1 amide bonds. The first-order valence-corrected chi connectivity index (χ1v) is 10.0. The molecule has 0 aliphatic carbocycles. The average molecular weight is 353 g/mol. The maximum absolute atomic E-state index is 12.4. The van der Waals surface area contributed by atoms with Gasteiger partial charge in [0.25, 0.3) is 0 Å². The second-order valence-electron chi connectivity index (χ2n) is 6.86. The Morgan fingerprint density at radius 3 is 2.00 bits per heavy atom. The van der Waals surface area contributed by atoms with E-state index in [1.54, 1.807) is 0 Å². The van der Waals surface area contributed by atoms with Crippen molar-refractivity contribution in [2.24, 2.45) is 0 Å². The fourth-order valence-corrected chi connectivity index (χ4v) is 5.31. The molecule has 0 atom stereocenters. The summed E-state index contributed by atoms with van der Waals surface area (Å²) in [5.74, 6) is 1.28. The predicted molar refractivity (Wildman–Crippen MR) is 104 cm³/mol. The van der Waals surface area contributed by atoms with Gasteiger partial charge in [-0.1, -0.05) is 60.7 Å². The summed E-state index contributed by atoms with van der Waals surface area (Å²) in [7, 11) is 0. The number of hydrogen-bond acceptors (Lipinski definition) is 3. The largest absolute Gasteiger partial charge is 0.354 e. The predicted octanol–water partition coefficient (Wildman–Crippen LogP) is 3.47. The van der Waals surface area contributed by atoms with E-state index in [-0.39, 0.29) is 16.7 Å². The van der Waals surface area contributed by atoms with Crippen molar-refractivity contribution in [2.45, 2.75) is 23.6 Å². The van der Waals surface area contributed by atoms with E-state index in [0.29, 0.717) is 0 Å². The number of nitrogens with one attached hydrogen (secondary N) is 1. The van der Waals surface area contributed by atoms with Crippen LogP contribution in [0.25, 0.3) is 0 Å². The SMILES string of the molecule is O=C1NCCSC12CCN(C(c1ccccc1)c1ccccc1)CC2. The van der Waals surface area contributed by atoms with Gasteiger partial charge in [-0.3, -0.25) is 9.69 Å². The van der Waals surface area contributed by atoms with E-state index >= 15 is 0 Å². The average Bonchev–Trinajstić information content (AvgIpc) is 2.68. The molecule has 2 aromatic rings. The van der Waals surface area contributed by atoms with Gasteiger partial charge in [-0.05, 0) is 24.0 Å². The zero-order valence-corrected chi connectivity index (χ0v) is 15.2. The van der Waals surface area contributed by atoms with E-state index in [1.807, 2.05) is 11.8 Å². The molecule has 130 valence electrons. The highest BCUT2D eigenvalue weighted by atomic mass is 32.2. The van der Waals surface area contributed by atoms with Crippen molar-refractivity contribution in [1.82, 2.24) is 10.2 Å². The Balaban J connectivity index is 1.58. The summed E-state index contributed by atoms with van der Waals surface area (Å²) in [6, 6.07) is 21.7. The minimum atomic E-state index is -0.202. The molecule has 0 unspecified atom stereocenters. The summed E-state index contributed by atoms with van der Waals surface area (Å²) >= 11 is 1.86. The minimum Gasteiger partial charge on any atom is -0.354 e. The second-order valence-corrected chi connectivity index (χ2v) is 8.34. The number of piperidine rings is 1. The van der Waals surface area contributed by atoms with Crippen LogP contribution in [0.5, 0.6) is 0 Å². The lowest BCUT2D eigenvalue weighted by Crippen LogP contribution is -2.55. The van der Waals surface area contributed by atoms with Gasteiger partial charge in [0.05, 0.1) is 10.8 Å². The first-order chi connectivity index (χ1) is 12.3. The van der Waals surface area contributed by atoms with Gasteiger partial charge < -0.3 is 5.32 Å². The monoisotopic (exact) mass is 352 g/mol. The third kappa shape index (κ3) is 3.33. The summed E-state index contributed by atoms with van der Waals surface area (Å²) in [6.07, 6.45) is 1.86. The molecule has 2 aromatic carbocycles. The minimum absolute atomic E-state index is 0.202. The Hall–Kier alpha value is -1.78. The second kappa shape index (κ2) is 7.22. The van der Waals surface area contributed by atoms with Crippen LogP contribution in [-0.2, 0) is 4.79 Å². The summed E-state index contributed by atoms with van der Waals surface area (Å²) in [5, 5.41) is 3.07. The highest BCUT2D eigenvalue weighted by molar-refractivity contribution is 8.01. The molecule has 2 aliphatic rings. The van der Waals surface area contributed by atoms with Crippen molar-refractivity contribution in [1.29, 1.82) is 0 Å². The van der Waals surface area contributed by atoms with E-state index in [0.717, 1.165) is 38.2 Å². The fourth-order valence-electron chi connectivity index (χ4n) is 4.04. The maximum atomic E-state index is 12.4. The van der Waals surface area contributed by atoms with E-state index in [2.05, 4.69) is 70.9 Å². The number of carbonyl (C=O) groups is 1. The lowest BCUT2D eigenvalue weighted by molar-refractivity contribution is -0.125. The molecular weight excluding hydrogens is 328 g/mol. The smallest absolute Gasteiger partial charge is 0.236 e. The molecule has 2 aliphatic heterocycles. The molecule has 25 heavy (non-hydrogen) atoms. The van der Waals surface area contributed by atoms with Crippen molar-refractivity contribution in [3.8, 4) is 0 Å². The van der Waals surface area contributed by atoms with Crippen molar-refractivity contribution < 1.29 is 4.79 Å². The van der Waals surface area contributed by atoms with Crippen LogP contribution in [0, 0.1) is 0 Å². The molecule has 2 saturated heterocycles. The maximum Gasteiger partial charge on any atom is 0.236 e. The highest BCUT2D eigenvalue weighted by Gasteiger charge is 2.44. The molecule has 2 fully saturated rings. The first-order valence-electron chi connectivity index (χ1n) is 9.05. The van der Waals surface area contributed by atoms with Crippen molar-refractivity contribution in [2.75, 3.05) is 25.4 Å². The van der Waals surface area contributed by atoms with Gasteiger partial charge in [0.2, 0.25) is 5.91 Å². The number of likely N-dealkylation sites (tertiary alicyclic amines) is 1. The third-order valence-electron chi connectivity index (χ3n) is 5.38. The summed E-state index contributed by atoms with van der Waals surface area (Å²) in [6.45, 7) is 2.72. The normalized spacial score (nSPS) is 20.6. The van der Waals surface area contributed by atoms with Gasteiger partial charge in [0.1, 0.15) is 0 Å². The van der Waals surface area contributed by atoms with Crippen LogP contribution < -0.4 is 5.32 Å². The van der Waals surface area contributed by atoms with Crippen LogP contribution >= 0.6 is 11.8 Å². The molecule has 3 nitrogen and oxygen atoms in total. The Bertz CT molecular complexity index is 672. The number of rotatable bonds is 3. The molecule has 1 N–H and O–H groups in total. The Kier molecular flexibility index (Phi) is 4.82. The molecule has 4 rings (SSSR count). The molecule has 4 heteroatoms. The van der Waals surface area contributed by atoms with Gasteiger partial charge in [0, 0.05) is 25.4 Å². The third-order valence-corrected chi connectivity index (χ3v) is 6.94. The van der Waals surface area contributed by atoms with Crippen molar-refractivity contribution >= 4 is 17.7 Å². The summed E-state index contributed by atoms with van der Waals surface area (Å²) in [5.41, 5.74) is 2.65. The lowest BCUT2D eigenvalue weighted by Gasteiger charge is -2.44. The Labute approximate surface area is 153 Å². The van der Waals surface area contributed by atoms with E-state index in [1.165, 1.54) is 11.1 Å². The van der Waals surface area contributed by atoms with Gasteiger partial charge in [0.15, 0.2) is 0 Å². The standard InChI is InChI=1S/C21H24N2OS/c24-20-21(25-16-13-22-20)11-14-23(15-12-21)19(17-7-3-1-4-8-17)18-9-5-2-6-10-18/h1-10,19H,11-16H2,(H,22,24). The lowest BCUT2D eigenvalue weighted by atomic mass is 9.90. The Morgan fingerprint density at radius 2 is 1.48 bits per heavy atom. The van der Waals surface area contributed by atoms with Crippen molar-refractivity contribution in [3.05, 3.63) is 71.8 Å². The summed E-state index contributed by atoms with van der Waals surface area (Å²) < 4.78 is -0.202. The van der Waals surface area contributed by atoms with Crippen LogP contribution in [0.15, 0.2) is 60.7 Å². The Morgan fingerprint density at radius 1 is 0.920 bits per heavy atom.